The van der Waals surface area contributed by atoms with E-state index >= 15 is 0 Å². The van der Waals surface area contributed by atoms with Crippen LogP contribution in [0.25, 0.3) is 0 Å². The lowest BCUT2D eigenvalue weighted by atomic mass is 10.2. The van der Waals surface area contributed by atoms with Gasteiger partial charge in [0, 0.05) is 5.02 Å². The van der Waals surface area contributed by atoms with Crippen molar-refractivity contribution in [3.8, 4) is 11.5 Å². The summed E-state index contributed by atoms with van der Waals surface area (Å²) in [5, 5.41) is 3.24. The molecule has 0 aliphatic carbocycles. The zero-order valence-corrected chi connectivity index (χ0v) is 18.0. The average molecular weight is 445 g/mol. The second-order valence-electron chi connectivity index (χ2n) is 6.61. The van der Waals surface area contributed by atoms with E-state index in [4.69, 9.17) is 16.3 Å². The maximum atomic E-state index is 12.9. The highest BCUT2D eigenvalue weighted by atomic mass is 35.5. The highest BCUT2D eigenvalue weighted by Crippen LogP contribution is 2.30. The van der Waals surface area contributed by atoms with Crippen molar-refractivity contribution in [1.29, 1.82) is 0 Å². The lowest BCUT2D eigenvalue weighted by Gasteiger charge is -2.28. The molecule has 156 valence electrons. The van der Waals surface area contributed by atoms with Gasteiger partial charge in [-0.3, -0.25) is 9.10 Å². The van der Waals surface area contributed by atoms with E-state index in [9.17, 15) is 13.2 Å². The van der Waals surface area contributed by atoms with Gasteiger partial charge in [-0.2, -0.15) is 0 Å². The van der Waals surface area contributed by atoms with Crippen LogP contribution in [-0.2, 0) is 14.8 Å². The van der Waals surface area contributed by atoms with Crippen LogP contribution in [-0.4, -0.2) is 26.6 Å². The number of anilines is 2. The van der Waals surface area contributed by atoms with Gasteiger partial charge in [-0.1, -0.05) is 41.9 Å². The Hall–Kier alpha value is -3.03. The van der Waals surface area contributed by atoms with Crippen LogP contribution in [0.1, 0.15) is 6.92 Å². The second kappa shape index (κ2) is 9.19. The summed E-state index contributed by atoms with van der Waals surface area (Å²) in [4.78, 5) is 12.9. The third-order valence-corrected chi connectivity index (χ3v) is 5.78. The van der Waals surface area contributed by atoms with Gasteiger partial charge in [-0.15, -0.1) is 0 Å². The first-order valence-corrected chi connectivity index (χ1v) is 11.4. The Kier molecular flexibility index (Phi) is 6.64. The lowest BCUT2D eigenvalue weighted by molar-refractivity contribution is -0.116. The number of nitrogens with zero attached hydrogens (tertiary/aromatic N) is 1. The number of ether oxygens (including phenoxy) is 1. The quantitative estimate of drug-likeness (QED) is 0.560. The first kappa shape index (κ1) is 21.7. The van der Waals surface area contributed by atoms with Gasteiger partial charge in [0.15, 0.2) is 5.75 Å². The monoisotopic (exact) mass is 444 g/mol. The number of para-hydroxylation sites is 3. The standard InChI is InChI=1S/C22H21ClN2O4S/c1-16(25(30(2,27)28)18-14-12-17(23)13-15-18)22(26)24-20-10-6-7-11-21(20)29-19-8-4-3-5-9-19/h3-16H,1-2H3,(H,24,26)/t16-/m1/s1. The molecule has 0 heterocycles. The maximum Gasteiger partial charge on any atom is 0.248 e. The number of benzene rings is 3. The van der Waals surface area contributed by atoms with Crippen molar-refractivity contribution in [1.82, 2.24) is 0 Å². The van der Waals surface area contributed by atoms with Gasteiger partial charge in [0.2, 0.25) is 15.9 Å². The number of hydrogen-bond donors (Lipinski definition) is 1. The van der Waals surface area contributed by atoms with Crippen molar-refractivity contribution in [2.45, 2.75) is 13.0 Å². The van der Waals surface area contributed by atoms with Crippen LogP contribution < -0.4 is 14.4 Å². The Labute approximate surface area is 181 Å². The van der Waals surface area contributed by atoms with E-state index in [2.05, 4.69) is 5.32 Å². The Bertz CT molecular complexity index is 1120. The zero-order chi connectivity index (χ0) is 21.7. The number of nitrogens with one attached hydrogen (secondary N) is 1. The fourth-order valence-electron chi connectivity index (χ4n) is 2.91. The van der Waals surface area contributed by atoms with Gasteiger partial charge < -0.3 is 10.1 Å². The number of carbonyl (C=O) groups is 1. The van der Waals surface area contributed by atoms with Crippen LogP contribution in [0.2, 0.25) is 5.02 Å². The molecule has 0 aliphatic rings. The van der Waals surface area contributed by atoms with E-state index in [1.54, 1.807) is 60.7 Å². The first-order chi connectivity index (χ1) is 14.3. The number of sulfonamides is 1. The molecule has 0 unspecified atom stereocenters. The second-order valence-corrected chi connectivity index (χ2v) is 8.91. The van der Waals surface area contributed by atoms with E-state index in [0.717, 1.165) is 10.6 Å². The molecule has 3 aromatic carbocycles. The molecule has 0 radical (unpaired) electrons. The minimum Gasteiger partial charge on any atom is -0.455 e. The predicted octanol–water partition coefficient (Wildman–Crippen LogP) is 4.93. The molecule has 0 aromatic heterocycles. The molecule has 0 saturated carbocycles. The molecular weight excluding hydrogens is 424 g/mol. The van der Waals surface area contributed by atoms with Crippen molar-refractivity contribution in [3.63, 3.8) is 0 Å². The van der Waals surface area contributed by atoms with Crippen molar-refractivity contribution in [2.75, 3.05) is 15.9 Å². The summed E-state index contributed by atoms with van der Waals surface area (Å²) >= 11 is 5.90. The minimum atomic E-state index is -3.73. The summed E-state index contributed by atoms with van der Waals surface area (Å²) in [5.74, 6) is 0.562. The highest BCUT2D eigenvalue weighted by Gasteiger charge is 2.29. The SMILES string of the molecule is C[C@H](C(=O)Nc1ccccc1Oc1ccccc1)N(c1ccc(Cl)cc1)S(C)(=O)=O. The molecule has 0 aliphatic heterocycles. The van der Waals surface area contributed by atoms with Crippen molar-refractivity contribution in [2.24, 2.45) is 0 Å². The van der Waals surface area contributed by atoms with Gasteiger partial charge in [0.1, 0.15) is 11.8 Å². The lowest BCUT2D eigenvalue weighted by Crippen LogP contribution is -2.45. The number of halogens is 1. The van der Waals surface area contributed by atoms with Crippen molar-refractivity contribution < 1.29 is 17.9 Å². The van der Waals surface area contributed by atoms with Crippen LogP contribution >= 0.6 is 11.6 Å². The van der Waals surface area contributed by atoms with E-state index in [0.29, 0.717) is 27.9 Å². The van der Waals surface area contributed by atoms with Crippen molar-refractivity contribution >= 4 is 38.9 Å². The third-order valence-electron chi connectivity index (χ3n) is 4.29. The van der Waals surface area contributed by atoms with Crippen molar-refractivity contribution in [3.05, 3.63) is 83.9 Å². The van der Waals surface area contributed by atoms with Gasteiger partial charge in [0.25, 0.3) is 0 Å². The van der Waals surface area contributed by atoms with Crippen LogP contribution in [0, 0.1) is 0 Å². The number of rotatable bonds is 7. The molecule has 0 saturated heterocycles. The fraction of sp³-hybridized carbons (Fsp3) is 0.136. The molecule has 3 rings (SSSR count). The summed E-state index contributed by atoms with van der Waals surface area (Å²) in [6, 6.07) is 21.4. The van der Waals surface area contributed by atoms with Crippen LogP contribution in [0.3, 0.4) is 0 Å². The Morgan fingerprint density at radius 3 is 2.20 bits per heavy atom. The number of carbonyl (C=O) groups excluding carboxylic acids is 1. The molecule has 6 nitrogen and oxygen atoms in total. The van der Waals surface area contributed by atoms with E-state index in [1.807, 2.05) is 18.2 Å². The third kappa shape index (κ3) is 5.31. The molecule has 1 amide bonds. The predicted molar refractivity (Wildman–Crippen MR) is 120 cm³/mol. The summed E-state index contributed by atoms with van der Waals surface area (Å²) in [5.41, 5.74) is 0.779. The van der Waals surface area contributed by atoms with Gasteiger partial charge in [-0.05, 0) is 55.5 Å². The van der Waals surface area contributed by atoms with Gasteiger partial charge in [0.05, 0.1) is 17.6 Å². The van der Waals surface area contributed by atoms with Crippen LogP contribution in [0.15, 0.2) is 78.9 Å². The molecule has 1 N–H and O–H groups in total. The number of hydrogen-bond acceptors (Lipinski definition) is 4. The van der Waals surface area contributed by atoms with Crippen LogP contribution in [0.5, 0.6) is 11.5 Å². The molecule has 3 aromatic rings. The van der Waals surface area contributed by atoms with Gasteiger partial charge >= 0.3 is 0 Å². The first-order valence-electron chi connectivity index (χ1n) is 9.13. The largest absolute Gasteiger partial charge is 0.455 e. The maximum absolute atomic E-state index is 12.9. The summed E-state index contributed by atoms with van der Waals surface area (Å²) in [7, 11) is -3.73. The Balaban J connectivity index is 1.85. The minimum absolute atomic E-state index is 0.346. The summed E-state index contributed by atoms with van der Waals surface area (Å²) < 4.78 is 31.7. The molecule has 0 fully saturated rings. The molecule has 8 heteroatoms. The van der Waals surface area contributed by atoms with Gasteiger partial charge in [-0.25, -0.2) is 8.42 Å². The molecule has 0 spiro atoms. The van der Waals surface area contributed by atoms with E-state index < -0.39 is 22.0 Å². The normalized spacial score (nSPS) is 12.1. The Morgan fingerprint density at radius 1 is 0.967 bits per heavy atom. The number of amides is 1. The van der Waals surface area contributed by atoms with E-state index in [1.165, 1.54) is 6.92 Å². The molecule has 1 atom stereocenters. The molecular formula is C22H21ClN2O4S. The van der Waals surface area contributed by atoms with Crippen LogP contribution in [0.4, 0.5) is 11.4 Å². The summed E-state index contributed by atoms with van der Waals surface area (Å²) in [6.07, 6.45) is 1.05. The topological polar surface area (TPSA) is 75.7 Å². The fourth-order valence-corrected chi connectivity index (χ4v) is 4.21. The molecule has 0 bridgehead atoms. The average Bonchev–Trinajstić information content (AvgIpc) is 2.71. The zero-order valence-electron chi connectivity index (χ0n) is 16.4. The summed E-state index contributed by atoms with van der Waals surface area (Å²) in [6.45, 7) is 1.52. The van der Waals surface area contributed by atoms with E-state index in [-0.39, 0.29) is 0 Å². The smallest absolute Gasteiger partial charge is 0.248 e. The highest BCUT2D eigenvalue weighted by molar-refractivity contribution is 7.92. The molecule has 30 heavy (non-hydrogen) atoms. The Morgan fingerprint density at radius 2 is 1.57 bits per heavy atom.